The van der Waals surface area contributed by atoms with Crippen LogP contribution in [0, 0.1) is 11.8 Å². The Morgan fingerprint density at radius 3 is 0.922 bits per heavy atom. The van der Waals surface area contributed by atoms with E-state index in [9.17, 15) is 0 Å². The van der Waals surface area contributed by atoms with Crippen molar-refractivity contribution in [3.8, 4) is 34.5 Å². The van der Waals surface area contributed by atoms with Crippen molar-refractivity contribution >= 4 is 0 Å². The van der Waals surface area contributed by atoms with Crippen LogP contribution in [0.3, 0.4) is 0 Å². The Morgan fingerprint density at radius 1 is 0.344 bits per heavy atom. The first-order chi connectivity index (χ1) is 31.5. The average molecular weight is 919 g/mol. The van der Waals surface area contributed by atoms with Crippen molar-refractivity contribution in [3.63, 3.8) is 0 Å². The predicted octanol–water partition coefficient (Wildman–Crippen LogP) is 3.69. The number of aliphatic hydroxyl groups is 2. The lowest BCUT2D eigenvalue weighted by Crippen LogP contribution is -2.26. The van der Waals surface area contributed by atoms with Crippen molar-refractivity contribution in [2.24, 2.45) is 11.8 Å². The van der Waals surface area contributed by atoms with E-state index in [0.29, 0.717) is 179 Å². The van der Waals surface area contributed by atoms with Gasteiger partial charge in [-0.15, -0.1) is 0 Å². The monoisotopic (exact) mass is 919 g/mol. The van der Waals surface area contributed by atoms with Gasteiger partial charge < -0.3 is 86.0 Å². The summed E-state index contributed by atoms with van der Waals surface area (Å²) in [4.78, 5) is 0. The first-order valence-corrected chi connectivity index (χ1v) is 22.1. The summed E-state index contributed by atoms with van der Waals surface area (Å²) in [5.74, 6) is 3.60. The molecule has 0 aliphatic carbocycles. The van der Waals surface area contributed by atoms with Gasteiger partial charge in [0.15, 0.2) is 23.0 Å². The summed E-state index contributed by atoms with van der Waals surface area (Å²) in [5, 5.41) is 17.5. The summed E-state index contributed by atoms with van der Waals surface area (Å²) in [6.07, 6.45) is 3.01. The zero-order valence-electron chi connectivity index (χ0n) is 39.3. The summed E-state index contributed by atoms with van der Waals surface area (Å²) < 4.78 is 90.4. The van der Waals surface area contributed by atoms with Crippen molar-refractivity contribution < 1.29 is 86.0 Å². The van der Waals surface area contributed by atoms with Crippen LogP contribution in [0.2, 0.25) is 0 Å². The molecule has 0 heterocycles. The van der Waals surface area contributed by atoms with Crippen LogP contribution in [0.1, 0.15) is 24.0 Å². The van der Waals surface area contributed by atoms with Gasteiger partial charge in [0, 0.05) is 6.61 Å². The number of benzene rings is 2. The van der Waals surface area contributed by atoms with Crippen LogP contribution >= 0.6 is 0 Å². The Bertz CT molecular complexity index is 1350. The molecule has 0 fully saturated rings. The Labute approximate surface area is 380 Å². The van der Waals surface area contributed by atoms with Crippen molar-refractivity contribution in [1.29, 1.82) is 0 Å². The molecule has 64 heavy (non-hydrogen) atoms. The predicted molar refractivity (Wildman–Crippen MR) is 238 cm³/mol. The van der Waals surface area contributed by atoms with E-state index in [1.165, 1.54) is 0 Å². The number of aliphatic hydroxyl groups excluding tert-OH is 2. The van der Waals surface area contributed by atoms with E-state index in [2.05, 4.69) is 0 Å². The second-order valence-electron chi connectivity index (χ2n) is 14.2. The van der Waals surface area contributed by atoms with Crippen LogP contribution in [-0.2, 0) is 60.2 Å². The fourth-order valence-electron chi connectivity index (χ4n) is 6.65. The molecule has 0 aromatic heterocycles. The molecule has 0 saturated heterocycles. The molecule has 2 atom stereocenters. The first kappa shape index (κ1) is 56.9. The lowest BCUT2D eigenvalue weighted by molar-refractivity contribution is -0.0180. The highest BCUT2D eigenvalue weighted by Crippen LogP contribution is 2.41. The molecule has 0 radical (unpaired) electrons. The fraction of sp³-hybridized carbons (Fsp3) is 0.739. The number of rotatable bonds is 45. The molecule has 2 N–H and O–H groups in total. The summed E-state index contributed by atoms with van der Waals surface area (Å²) >= 11 is 0. The van der Waals surface area contributed by atoms with E-state index in [1.54, 1.807) is 42.7 Å². The van der Waals surface area contributed by atoms with Gasteiger partial charge in [0.05, 0.1) is 181 Å². The molecule has 0 aliphatic rings. The number of hydrogen-bond acceptors (Lipinski definition) is 18. The van der Waals surface area contributed by atoms with Gasteiger partial charge in [0.2, 0.25) is 11.5 Å². The molecule has 2 aromatic carbocycles. The lowest BCUT2D eigenvalue weighted by Gasteiger charge is -2.29. The summed E-state index contributed by atoms with van der Waals surface area (Å²) in [6, 6.07) is 7.98. The fourth-order valence-corrected chi connectivity index (χ4v) is 6.65. The molecule has 18 heteroatoms. The SMILES string of the molecule is COc1cc(C[C@@H](CCCOCCOCCOCCOCCOCCO)[C@H](COCCOCCOCCOCCOCCO)Cc2cc(OC)c(OC)c(OC)c2)cc(OC)c1OC. The van der Waals surface area contributed by atoms with Crippen LogP contribution in [0.4, 0.5) is 0 Å². The quantitative estimate of drug-likeness (QED) is 0.0915. The van der Waals surface area contributed by atoms with Crippen molar-refractivity contribution in [3.05, 3.63) is 35.4 Å². The molecule has 0 aliphatic heterocycles. The molecular formula is C46H78O18. The van der Waals surface area contributed by atoms with Crippen LogP contribution in [-0.4, -0.2) is 198 Å². The van der Waals surface area contributed by atoms with E-state index >= 15 is 0 Å². The zero-order chi connectivity index (χ0) is 46.3. The summed E-state index contributed by atoms with van der Waals surface area (Å²) in [6.45, 7) is 8.80. The van der Waals surface area contributed by atoms with Crippen molar-refractivity contribution in [2.75, 3.05) is 188 Å². The maximum atomic E-state index is 8.76. The van der Waals surface area contributed by atoms with Gasteiger partial charge in [-0.3, -0.25) is 0 Å². The molecular weight excluding hydrogens is 840 g/mol. The maximum Gasteiger partial charge on any atom is 0.203 e. The normalized spacial score (nSPS) is 12.3. The first-order valence-electron chi connectivity index (χ1n) is 22.1. The third-order valence-corrected chi connectivity index (χ3v) is 9.75. The molecule has 0 spiro atoms. The van der Waals surface area contributed by atoms with Gasteiger partial charge in [0.1, 0.15) is 0 Å². The number of ether oxygens (including phenoxy) is 16. The minimum Gasteiger partial charge on any atom is -0.493 e. The van der Waals surface area contributed by atoms with Gasteiger partial charge >= 0.3 is 0 Å². The van der Waals surface area contributed by atoms with E-state index in [1.807, 2.05) is 24.3 Å². The highest BCUT2D eigenvalue weighted by Gasteiger charge is 2.26. The Kier molecular flexibility index (Phi) is 34.6. The van der Waals surface area contributed by atoms with E-state index < -0.39 is 0 Å². The summed E-state index contributed by atoms with van der Waals surface area (Å²) in [7, 11) is 9.65. The second-order valence-corrected chi connectivity index (χ2v) is 14.2. The number of hydrogen-bond donors (Lipinski definition) is 2. The maximum absolute atomic E-state index is 8.76. The minimum atomic E-state index is -0.00226. The van der Waals surface area contributed by atoms with Gasteiger partial charge in [-0.05, 0) is 72.9 Å². The van der Waals surface area contributed by atoms with Gasteiger partial charge in [-0.2, -0.15) is 0 Å². The molecule has 0 bridgehead atoms. The molecule has 0 saturated carbocycles. The molecule has 18 nitrogen and oxygen atoms in total. The highest BCUT2D eigenvalue weighted by atomic mass is 16.6. The minimum absolute atomic E-state index is 0.00226. The van der Waals surface area contributed by atoms with Gasteiger partial charge in [-0.25, -0.2) is 0 Å². The topological polar surface area (TPSA) is 188 Å². The van der Waals surface area contributed by atoms with Crippen LogP contribution < -0.4 is 28.4 Å². The largest absolute Gasteiger partial charge is 0.493 e. The van der Waals surface area contributed by atoms with Gasteiger partial charge in [-0.1, -0.05) is 0 Å². The van der Waals surface area contributed by atoms with E-state index in [4.69, 9.17) is 86.0 Å². The molecule has 0 amide bonds. The zero-order valence-corrected chi connectivity index (χ0v) is 39.3. The Hall–Kier alpha value is -3.24. The van der Waals surface area contributed by atoms with Crippen LogP contribution in [0.15, 0.2) is 24.3 Å². The van der Waals surface area contributed by atoms with E-state index in [-0.39, 0.29) is 25.0 Å². The van der Waals surface area contributed by atoms with Gasteiger partial charge in [0.25, 0.3) is 0 Å². The molecule has 370 valence electrons. The highest BCUT2D eigenvalue weighted by molar-refractivity contribution is 5.55. The van der Waals surface area contributed by atoms with Crippen LogP contribution in [0.5, 0.6) is 34.5 Å². The van der Waals surface area contributed by atoms with E-state index in [0.717, 1.165) is 24.0 Å². The molecule has 0 unspecified atom stereocenters. The molecule has 2 aromatic rings. The van der Waals surface area contributed by atoms with Crippen molar-refractivity contribution in [2.45, 2.75) is 25.7 Å². The third kappa shape index (κ3) is 24.9. The van der Waals surface area contributed by atoms with Crippen molar-refractivity contribution in [1.82, 2.24) is 0 Å². The standard InChI is InChI=1S/C46H78O18/c1-49-41-32-37(33-42(50-2)45(41)53-5)30-39(8-7-11-55-14-17-58-20-23-61-24-21-59-18-15-56-12-9-47)40(31-38-34-43(51-3)46(54-6)44(35-38)52-4)36-64-29-28-63-27-26-62-25-22-60-19-16-57-13-10-48/h32-35,39-40,47-48H,7-31,36H2,1-6H3/t39-,40+/m1/s1. The Balaban J connectivity index is 2.06. The third-order valence-electron chi connectivity index (χ3n) is 9.75. The Morgan fingerprint density at radius 2 is 0.625 bits per heavy atom. The number of methoxy groups -OCH3 is 6. The molecule has 2 rings (SSSR count). The summed E-state index contributed by atoms with van der Waals surface area (Å²) in [5.41, 5.74) is 2.05. The smallest absolute Gasteiger partial charge is 0.203 e. The van der Waals surface area contributed by atoms with Crippen LogP contribution in [0.25, 0.3) is 0 Å². The average Bonchev–Trinajstić information content (AvgIpc) is 3.32. The lowest BCUT2D eigenvalue weighted by atomic mass is 9.80. The second kappa shape index (κ2) is 39.0.